The third-order valence-corrected chi connectivity index (χ3v) is 9.05. The van der Waals surface area contributed by atoms with Crippen molar-refractivity contribution in [2.75, 3.05) is 24.7 Å². The van der Waals surface area contributed by atoms with E-state index in [0.717, 1.165) is 6.26 Å². The summed E-state index contributed by atoms with van der Waals surface area (Å²) in [6.45, 7) is 0.224. The van der Waals surface area contributed by atoms with Gasteiger partial charge in [0.25, 0.3) is 0 Å². The molecule has 1 aliphatic rings. The molecule has 0 spiro atoms. The van der Waals surface area contributed by atoms with Crippen LogP contribution in [0, 0.1) is 5.92 Å². The molecule has 0 aromatic heterocycles. The van der Waals surface area contributed by atoms with Crippen molar-refractivity contribution < 1.29 is 26.4 Å². The summed E-state index contributed by atoms with van der Waals surface area (Å²) in [4.78, 5) is 12.5. The molecule has 4 rings (SSSR count). The number of amides is 1. The molecule has 0 unspecified atom stereocenters. The molecular weight excluding hydrogens is 488 g/mol. The van der Waals surface area contributed by atoms with Crippen LogP contribution < -0.4 is 10.1 Å². The van der Waals surface area contributed by atoms with Crippen molar-refractivity contribution >= 4 is 31.5 Å². The molecule has 3 aromatic carbocycles. The number of sulfonamides is 1. The molecule has 0 atom stereocenters. The van der Waals surface area contributed by atoms with E-state index >= 15 is 0 Å². The Labute approximate surface area is 205 Å². The zero-order valence-corrected chi connectivity index (χ0v) is 20.8. The van der Waals surface area contributed by atoms with Crippen LogP contribution in [0.25, 0.3) is 0 Å². The Kier molecular flexibility index (Phi) is 7.25. The van der Waals surface area contributed by atoms with Gasteiger partial charge >= 0.3 is 0 Å². The topological polar surface area (TPSA) is 110 Å². The number of carbonyl (C=O) groups excluding carboxylic acids is 1. The van der Waals surface area contributed by atoms with E-state index in [2.05, 4.69) is 5.32 Å². The number of sulfone groups is 1. The Morgan fingerprint density at radius 2 is 1.40 bits per heavy atom. The number of anilines is 1. The molecule has 0 saturated carbocycles. The number of nitrogens with one attached hydrogen (secondary N) is 1. The number of carbonyl (C=O) groups is 1. The van der Waals surface area contributed by atoms with Crippen LogP contribution >= 0.6 is 0 Å². The molecule has 0 bridgehead atoms. The average Bonchev–Trinajstić information content (AvgIpc) is 2.85. The van der Waals surface area contributed by atoms with Gasteiger partial charge in [0, 0.05) is 25.3 Å². The fourth-order valence-electron chi connectivity index (χ4n) is 3.98. The van der Waals surface area contributed by atoms with Crippen LogP contribution in [0.3, 0.4) is 0 Å². The first-order chi connectivity index (χ1) is 16.7. The first-order valence-corrected chi connectivity index (χ1v) is 14.4. The van der Waals surface area contributed by atoms with E-state index in [1.807, 2.05) is 36.4 Å². The molecule has 1 fully saturated rings. The van der Waals surface area contributed by atoms with E-state index in [1.54, 1.807) is 18.2 Å². The minimum Gasteiger partial charge on any atom is -0.455 e. The molecule has 10 heteroatoms. The minimum atomic E-state index is -4.02. The van der Waals surface area contributed by atoms with Crippen molar-refractivity contribution in [3.8, 4) is 11.5 Å². The van der Waals surface area contributed by atoms with Gasteiger partial charge in [0.1, 0.15) is 10.6 Å². The van der Waals surface area contributed by atoms with Crippen LogP contribution in [-0.2, 0) is 24.7 Å². The van der Waals surface area contributed by atoms with Gasteiger partial charge in [0.15, 0.2) is 15.6 Å². The lowest BCUT2D eigenvalue weighted by Crippen LogP contribution is -2.41. The predicted molar refractivity (Wildman–Crippen MR) is 133 cm³/mol. The number of benzene rings is 3. The standard InChI is InChI=1S/C25H26N2O6S2/c1-34(29,30)23-13-7-8-14-24(23)35(31,32)27-17-15-19(16-18-27)25(28)26-21-11-5-6-12-22(21)33-20-9-3-2-4-10-20/h2-14,19H,15-18H2,1H3,(H,26,28). The van der Waals surface area contributed by atoms with Crippen LogP contribution in [0.4, 0.5) is 5.69 Å². The Morgan fingerprint density at radius 1 is 0.829 bits per heavy atom. The maximum Gasteiger partial charge on any atom is 0.244 e. The molecule has 1 aliphatic heterocycles. The molecule has 1 N–H and O–H groups in total. The van der Waals surface area contributed by atoms with Gasteiger partial charge in [-0.15, -0.1) is 0 Å². The van der Waals surface area contributed by atoms with Crippen molar-refractivity contribution in [2.24, 2.45) is 5.92 Å². The van der Waals surface area contributed by atoms with Gasteiger partial charge in [-0.3, -0.25) is 4.79 Å². The maximum absolute atomic E-state index is 13.2. The highest BCUT2D eigenvalue weighted by molar-refractivity contribution is 7.93. The third-order valence-electron chi connectivity index (χ3n) is 5.81. The number of ether oxygens (including phenoxy) is 1. The second-order valence-electron chi connectivity index (χ2n) is 8.30. The van der Waals surface area contributed by atoms with Crippen molar-refractivity contribution in [3.05, 3.63) is 78.9 Å². The summed E-state index contributed by atoms with van der Waals surface area (Å²) in [6, 6.07) is 21.9. The normalized spacial score (nSPS) is 15.5. The van der Waals surface area contributed by atoms with E-state index in [0.29, 0.717) is 30.0 Å². The van der Waals surface area contributed by atoms with Crippen LogP contribution in [0.5, 0.6) is 11.5 Å². The highest BCUT2D eigenvalue weighted by Gasteiger charge is 2.34. The predicted octanol–water partition coefficient (Wildman–Crippen LogP) is 3.92. The van der Waals surface area contributed by atoms with E-state index < -0.39 is 25.8 Å². The van der Waals surface area contributed by atoms with Gasteiger partial charge in [-0.05, 0) is 49.2 Å². The molecule has 0 radical (unpaired) electrons. The maximum atomic E-state index is 13.2. The quantitative estimate of drug-likeness (QED) is 0.512. The van der Waals surface area contributed by atoms with E-state index in [9.17, 15) is 21.6 Å². The van der Waals surface area contributed by atoms with E-state index in [1.165, 1.54) is 28.6 Å². The molecule has 35 heavy (non-hydrogen) atoms. The lowest BCUT2D eigenvalue weighted by Gasteiger charge is -2.31. The second-order valence-corrected chi connectivity index (χ2v) is 12.2. The molecular formula is C25H26N2O6S2. The van der Waals surface area contributed by atoms with Crippen molar-refractivity contribution in [3.63, 3.8) is 0 Å². The Morgan fingerprint density at radius 3 is 2.06 bits per heavy atom. The summed E-state index contributed by atoms with van der Waals surface area (Å²) in [5.41, 5.74) is 0.526. The van der Waals surface area contributed by atoms with Gasteiger partial charge in [0.05, 0.1) is 10.6 Å². The smallest absolute Gasteiger partial charge is 0.244 e. The number of hydrogen-bond acceptors (Lipinski definition) is 6. The molecule has 8 nitrogen and oxygen atoms in total. The molecule has 184 valence electrons. The summed E-state index contributed by atoms with van der Waals surface area (Å²) in [5.74, 6) is 0.533. The number of para-hydroxylation sites is 3. The zero-order valence-electron chi connectivity index (χ0n) is 19.1. The van der Waals surface area contributed by atoms with Gasteiger partial charge < -0.3 is 10.1 Å². The number of hydrogen-bond donors (Lipinski definition) is 1. The molecule has 1 heterocycles. The lowest BCUT2D eigenvalue weighted by atomic mass is 9.97. The summed E-state index contributed by atoms with van der Waals surface area (Å²) in [7, 11) is -7.75. The van der Waals surface area contributed by atoms with E-state index in [-0.39, 0.29) is 28.8 Å². The van der Waals surface area contributed by atoms with Crippen LogP contribution in [0.15, 0.2) is 88.7 Å². The molecule has 0 aliphatic carbocycles. The molecule has 1 amide bonds. The average molecular weight is 515 g/mol. The van der Waals surface area contributed by atoms with Crippen LogP contribution in [-0.4, -0.2) is 46.4 Å². The third kappa shape index (κ3) is 5.72. The fraction of sp³-hybridized carbons (Fsp3) is 0.240. The van der Waals surface area contributed by atoms with Gasteiger partial charge in [-0.25, -0.2) is 16.8 Å². The Balaban J connectivity index is 1.44. The molecule has 3 aromatic rings. The number of piperidine rings is 1. The monoisotopic (exact) mass is 514 g/mol. The van der Waals surface area contributed by atoms with Gasteiger partial charge in [-0.2, -0.15) is 4.31 Å². The summed E-state index contributed by atoms with van der Waals surface area (Å²) in [5, 5.41) is 2.90. The van der Waals surface area contributed by atoms with Crippen LogP contribution in [0.2, 0.25) is 0 Å². The first-order valence-electron chi connectivity index (χ1n) is 11.1. The zero-order chi connectivity index (χ0) is 25.1. The lowest BCUT2D eigenvalue weighted by molar-refractivity contribution is -0.120. The van der Waals surface area contributed by atoms with Gasteiger partial charge in [-0.1, -0.05) is 42.5 Å². The highest BCUT2D eigenvalue weighted by atomic mass is 32.2. The molecule has 1 saturated heterocycles. The van der Waals surface area contributed by atoms with Crippen molar-refractivity contribution in [1.29, 1.82) is 0 Å². The summed E-state index contributed by atoms with van der Waals surface area (Å²) >= 11 is 0. The number of nitrogens with zero attached hydrogens (tertiary/aromatic N) is 1. The SMILES string of the molecule is CS(=O)(=O)c1ccccc1S(=O)(=O)N1CCC(C(=O)Nc2ccccc2Oc2ccccc2)CC1. The Hall–Kier alpha value is -3.21. The fourth-order valence-corrected chi connectivity index (χ4v) is 7.05. The summed E-state index contributed by atoms with van der Waals surface area (Å²) < 4.78 is 57.7. The second kappa shape index (κ2) is 10.2. The van der Waals surface area contributed by atoms with Crippen molar-refractivity contribution in [2.45, 2.75) is 22.6 Å². The first kappa shape index (κ1) is 24.9. The summed E-state index contributed by atoms with van der Waals surface area (Å²) in [6.07, 6.45) is 1.61. The van der Waals surface area contributed by atoms with E-state index in [4.69, 9.17) is 4.74 Å². The Bertz CT molecular complexity index is 1420. The van der Waals surface area contributed by atoms with Crippen molar-refractivity contribution in [1.82, 2.24) is 4.31 Å². The minimum absolute atomic E-state index is 0.112. The largest absolute Gasteiger partial charge is 0.455 e. The van der Waals surface area contributed by atoms with Crippen LogP contribution in [0.1, 0.15) is 12.8 Å². The highest BCUT2D eigenvalue weighted by Crippen LogP contribution is 2.32. The number of rotatable bonds is 7. The van der Waals surface area contributed by atoms with Gasteiger partial charge in [0.2, 0.25) is 15.9 Å².